The average molecular weight is 1950 g/mol. The summed E-state index contributed by atoms with van der Waals surface area (Å²) in [7, 11) is 2.19. The molecule has 2 aromatic rings. The van der Waals surface area contributed by atoms with Crippen LogP contribution >= 0.6 is 0 Å². The van der Waals surface area contributed by atoms with Crippen molar-refractivity contribution >= 4 is 0 Å². The van der Waals surface area contributed by atoms with Crippen LogP contribution in [0.4, 0.5) is 52.7 Å². The number of alkyl halides is 12. The second-order valence-electron chi connectivity index (χ2n) is 52.4. The number of nitrogens with zero attached hydrogens (tertiary/aromatic N) is 18. The molecule has 798 valence electrons. The number of morpholine rings is 1. The van der Waals surface area contributed by atoms with Gasteiger partial charge in [0.1, 0.15) is 11.6 Å². The summed E-state index contributed by atoms with van der Waals surface area (Å²) < 4.78 is 160. The largest absolute Gasteiger partial charge is 0.453 e. The molecule has 32 heteroatoms. The van der Waals surface area contributed by atoms with Gasteiger partial charge < -0.3 is 19.3 Å². The Balaban J connectivity index is 0.000000385. The average Bonchev–Trinajstić information content (AvgIpc) is 1.30. The van der Waals surface area contributed by atoms with Crippen molar-refractivity contribution < 1.29 is 62.5 Å². The molecule has 135 heavy (non-hydrogen) atoms. The minimum atomic E-state index is -4.50. The number of ether oxygens (including phenoxy) is 1. The predicted octanol–water partition coefficient (Wildman–Crippen LogP) is 22.5. The number of halogens is 12. The summed E-state index contributed by atoms with van der Waals surface area (Å²) in [5.74, 6) is -6.12. The Morgan fingerprint density at radius 2 is 0.681 bits per heavy atom. The van der Waals surface area contributed by atoms with E-state index < -0.39 is 41.5 Å². The van der Waals surface area contributed by atoms with E-state index >= 15 is 0 Å². The fraction of sp³-hybridized carbons (Fsp3) is 0.961. The van der Waals surface area contributed by atoms with Gasteiger partial charge >= 0.3 is 18.3 Å². The topological polar surface area (TPSA) is 130 Å². The number of likely N-dealkylation sites (N-methyl/N-ethyl adjacent to an activating group) is 1. The fourth-order valence-electron chi connectivity index (χ4n) is 19.0. The second kappa shape index (κ2) is 48.7. The third-order valence-electron chi connectivity index (χ3n) is 27.9. The maximum Gasteiger partial charge on any atom is 0.453 e. The van der Waals surface area contributed by atoms with Gasteiger partial charge in [-0.05, 0) is 359 Å². The van der Waals surface area contributed by atoms with Gasteiger partial charge in [0.25, 0.3) is 17.7 Å². The Kier molecular flexibility index (Phi) is 45.5. The van der Waals surface area contributed by atoms with Crippen molar-refractivity contribution in [2.24, 2.45) is 11.8 Å². The van der Waals surface area contributed by atoms with Crippen molar-refractivity contribution in [1.82, 2.24) is 88.3 Å². The summed E-state index contributed by atoms with van der Waals surface area (Å²) in [6, 6.07) is 0. The lowest BCUT2D eigenvalue weighted by Crippen LogP contribution is -2.65. The molecule has 13 heterocycles. The highest BCUT2D eigenvalue weighted by atomic mass is 19.4. The molecule has 0 aliphatic carbocycles. The fourth-order valence-corrected chi connectivity index (χ4v) is 19.0. The zero-order chi connectivity index (χ0) is 105. The van der Waals surface area contributed by atoms with Crippen LogP contribution in [0, 0.1) is 11.8 Å². The van der Waals surface area contributed by atoms with Crippen molar-refractivity contribution in [3.8, 4) is 0 Å². The van der Waals surface area contributed by atoms with Gasteiger partial charge in [0.15, 0.2) is 5.60 Å². The first-order chi connectivity index (χ1) is 60.3. The second-order valence-corrected chi connectivity index (χ2v) is 52.4. The molecule has 13 rings (SSSR count). The minimum Gasteiger partial charge on any atom is -0.380 e. The first-order valence-electron chi connectivity index (χ1n) is 50.8. The van der Waals surface area contributed by atoms with E-state index in [2.05, 4.69) is 284 Å². The molecule has 1 N–H and O–H groups in total. The number of piperidine rings is 4. The molecular weight excluding hydrogens is 1750 g/mol. The van der Waals surface area contributed by atoms with Crippen molar-refractivity contribution in [2.75, 3.05) is 151 Å². The van der Waals surface area contributed by atoms with Gasteiger partial charge in [-0.3, -0.25) is 53.9 Å². The Morgan fingerprint density at radius 1 is 0.341 bits per heavy atom. The summed E-state index contributed by atoms with van der Waals surface area (Å²) in [6.07, 6.45) is 0.209. The lowest BCUT2D eigenvalue weighted by atomic mass is 9.76. The number of fused-ring (bicyclic) bond motifs is 2. The van der Waals surface area contributed by atoms with Gasteiger partial charge in [-0.1, -0.05) is 13.8 Å². The molecule has 11 aliphatic rings. The minimum absolute atomic E-state index is 0.0181. The van der Waals surface area contributed by atoms with Crippen LogP contribution in [0.3, 0.4) is 0 Å². The maximum atomic E-state index is 13.3. The van der Waals surface area contributed by atoms with Crippen molar-refractivity contribution in [3.63, 3.8) is 0 Å². The SMILES string of the molecule is CC(C)(C)N1C(C)(C)CCCC1(C)C.CC(C)(C)N1CC(F)(F)C1.CC(C)(C)N1CCC(F)(F)CC1.CC(C)(C)N1CCC(O)(C(F)(F)F)CC1.CC(C)(C)N1CCCC1.CC(C)(C)N1CCOCC1.CC(C)(C)N1CCn2nc(C(F)(F)F)nc2C1.CC(F)(F)c1nnc2n1CCN(C(C)(C)C)C2.CC1CCN(C(C)(C)C)CC1.CC1CN(C(C)(C)C)C1.CN1CCN(C(C)(C)C)CC1. The van der Waals surface area contributed by atoms with Crippen LogP contribution in [0.15, 0.2) is 0 Å². The van der Waals surface area contributed by atoms with Crippen LogP contribution in [-0.4, -0.2) is 340 Å². The van der Waals surface area contributed by atoms with Gasteiger partial charge in [-0.2, -0.15) is 35.1 Å². The van der Waals surface area contributed by atoms with E-state index in [-0.39, 0.29) is 77.8 Å². The first kappa shape index (κ1) is 126. The zero-order valence-electron chi connectivity index (χ0n) is 93.3. The van der Waals surface area contributed by atoms with Crippen LogP contribution in [0.5, 0.6) is 0 Å². The van der Waals surface area contributed by atoms with E-state index in [9.17, 15) is 57.8 Å². The van der Waals surface area contributed by atoms with E-state index in [0.717, 1.165) is 51.6 Å². The molecule has 0 saturated carbocycles. The van der Waals surface area contributed by atoms with E-state index in [4.69, 9.17) is 4.74 Å². The molecule has 0 atom stereocenters. The molecule has 20 nitrogen and oxygen atoms in total. The Labute approximate surface area is 814 Å². The molecule has 11 aliphatic heterocycles. The van der Waals surface area contributed by atoms with Crippen LogP contribution < -0.4 is 0 Å². The standard InChI is InChI=1S/C13H27N.C11H18F2N4.C10H15F3N4.C10H18F3NO.C10H21N.C9H17F2N.C9H20N2.C8H17NO.2C8H17N.C7H13F2N/c1-11(2,3)14-12(4,5)9-8-10-13(14,6)7;1-10(2,3)16-5-6-17-8(7-16)14-15-9(17)11(4,12)13;1-9(2,3)16-4-5-17-7(6-16)14-8(15-17)10(11,12)13;1-8(2,3)14-6-4-9(15,5-7-14)10(11,12)13;1-9-5-7-11(8-6-9)10(2,3)4;1-8(2,3)12-6-4-9(10,11)5-7-12;1-9(2,3)11-7-5-10(4)6-8-11;1-8(2,3)9-4-6-10-7-5-9;1-7-5-9(6-7)8(2,3)4;1-8(2,3)9-6-4-5-7-9;1-6(2,3)10-4-7(8,9)5-10/h8-10H2,1-7H3;5-7H2,1-4H3;4-6H2,1-3H3;15H,4-7H2,1-3H3;9H,5-8H2,1-4H3;4-7H2,1-3H3;5-8H2,1-4H3;4-7H2,1-3H3;7H,5-6H2,1-4H3;4-7H2,1-3H3;4-5H2,1-3H3. The van der Waals surface area contributed by atoms with E-state index in [1.165, 1.54) is 115 Å². The van der Waals surface area contributed by atoms with E-state index in [1.54, 1.807) is 9.47 Å². The van der Waals surface area contributed by atoms with Gasteiger partial charge in [0.2, 0.25) is 5.82 Å². The highest BCUT2D eigenvalue weighted by molar-refractivity contribution is 5.07. The van der Waals surface area contributed by atoms with Crippen molar-refractivity contribution in [2.45, 2.75) is 481 Å². The number of aliphatic hydroxyl groups is 1. The molecule has 9 fully saturated rings. The van der Waals surface area contributed by atoms with Crippen LogP contribution in [0.25, 0.3) is 0 Å². The Morgan fingerprint density at radius 3 is 0.993 bits per heavy atom. The number of piperazine rings is 1. The van der Waals surface area contributed by atoms with E-state index in [1.807, 2.05) is 67.2 Å². The number of aromatic nitrogens is 6. The molecule has 9 saturated heterocycles. The van der Waals surface area contributed by atoms with Gasteiger partial charge in [-0.25, -0.2) is 27.2 Å². The number of hydrogen-bond acceptors (Lipinski definition) is 18. The quantitative estimate of drug-likeness (QED) is 0.272. The normalized spacial score (nSPS) is 23.1. The summed E-state index contributed by atoms with van der Waals surface area (Å²) >= 11 is 0. The van der Waals surface area contributed by atoms with Gasteiger partial charge in [0, 0.05) is 190 Å². The highest BCUT2D eigenvalue weighted by Crippen LogP contribution is 2.45. The third-order valence-corrected chi connectivity index (χ3v) is 27.9. The van der Waals surface area contributed by atoms with Crippen molar-refractivity contribution in [1.29, 1.82) is 0 Å². The van der Waals surface area contributed by atoms with Crippen LogP contribution in [-0.2, 0) is 43.0 Å². The monoisotopic (exact) mass is 1950 g/mol. The zero-order valence-corrected chi connectivity index (χ0v) is 93.3. The van der Waals surface area contributed by atoms with Gasteiger partial charge in [-0.15, -0.1) is 15.3 Å². The maximum absolute atomic E-state index is 13.3. The lowest BCUT2D eigenvalue weighted by Gasteiger charge is -2.59. The summed E-state index contributed by atoms with van der Waals surface area (Å²) in [6.45, 7) is 108. The Hall–Kier alpha value is -3.12. The van der Waals surface area contributed by atoms with Crippen molar-refractivity contribution in [3.05, 3.63) is 23.3 Å². The molecule has 0 amide bonds. The smallest absolute Gasteiger partial charge is 0.380 e. The van der Waals surface area contributed by atoms with Crippen LogP contribution in [0.1, 0.15) is 371 Å². The molecule has 0 unspecified atom stereocenters. The van der Waals surface area contributed by atoms with E-state index in [0.29, 0.717) is 109 Å². The molecule has 0 spiro atoms. The molecule has 0 aromatic carbocycles. The number of rotatable bonds is 1. The Bertz CT molecular complexity index is 3600. The molecule has 0 radical (unpaired) electrons. The number of likely N-dealkylation sites (tertiary alicyclic amines) is 7. The molecule has 2 aromatic heterocycles. The highest BCUT2D eigenvalue weighted by Gasteiger charge is 2.56. The van der Waals surface area contributed by atoms with Gasteiger partial charge in [0.05, 0.1) is 45.9 Å². The number of hydrogen-bond donors (Lipinski definition) is 1. The third kappa shape index (κ3) is 43.4. The molecular formula is C103H200F12N18O2. The summed E-state index contributed by atoms with van der Waals surface area (Å²) in [5, 5.41) is 20.4. The lowest BCUT2D eigenvalue weighted by molar-refractivity contribution is -0.274. The first-order valence-corrected chi connectivity index (χ1v) is 50.8. The summed E-state index contributed by atoms with van der Waals surface area (Å²) in [4.78, 5) is 31.5. The summed E-state index contributed by atoms with van der Waals surface area (Å²) in [5.41, 5.74) is 0.142. The van der Waals surface area contributed by atoms with Crippen LogP contribution in [0.2, 0.25) is 0 Å². The predicted molar refractivity (Wildman–Crippen MR) is 534 cm³/mol. The molecule has 0 bridgehead atoms.